The summed E-state index contributed by atoms with van der Waals surface area (Å²) in [5.41, 5.74) is 2.36. The van der Waals surface area contributed by atoms with E-state index in [4.69, 9.17) is 0 Å². The number of anilines is 1. The Kier molecular flexibility index (Phi) is 3.43. The highest BCUT2D eigenvalue weighted by Gasteiger charge is 1.94. The van der Waals surface area contributed by atoms with Gasteiger partial charge in [0.2, 0.25) is 0 Å². The second-order valence-electron chi connectivity index (χ2n) is 3.04. The topological polar surface area (TPSA) is 37.8 Å². The Morgan fingerprint density at radius 2 is 2.38 bits per heavy atom. The van der Waals surface area contributed by atoms with Gasteiger partial charge in [0.15, 0.2) is 0 Å². The Bertz CT molecular complexity index is 305. The van der Waals surface area contributed by atoms with E-state index >= 15 is 0 Å². The van der Waals surface area contributed by atoms with Crippen molar-refractivity contribution in [2.24, 2.45) is 0 Å². The average molecular weight is 177 g/mol. The number of nitrogens with one attached hydrogen (secondary N) is 1. The first-order valence-electron chi connectivity index (χ1n) is 4.42. The van der Waals surface area contributed by atoms with Crippen LogP contribution in [0.25, 0.3) is 0 Å². The van der Waals surface area contributed by atoms with Crippen molar-refractivity contribution < 1.29 is 0 Å². The van der Waals surface area contributed by atoms with Crippen LogP contribution in [0.4, 0.5) is 5.82 Å². The van der Waals surface area contributed by atoms with Crippen LogP contribution in [-0.4, -0.2) is 9.97 Å². The van der Waals surface area contributed by atoms with E-state index < -0.39 is 0 Å². The van der Waals surface area contributed by atoms with Crippen LogP contribution in [0.3, 0.4) is 0 Å². The Morgan fingerprint density at radius 3 is 3.00 bits per heavy atom. The van der Waals surface area contributed by atoms with Crippen LogP contribution >= 0.6 is 0 Å². The Labute approximate surface area is 78.9 Å². The fraction of sp³-hybridized carbons (Fsp3) is 0.400. The molecule has 3 nitrogen and oxygen atoms in total. The lowest BCUT2D eigenvalue weighted by Crippen LogP contribution is -1.96. The van der Waals surface area contributed by atoms with E-state index in [0.717, 1.165) is 17.8 Å². The van der Waals surface area contributed by atoms with E-state index in [2.05, 4.69) is 29.1 Å². The SMILES string of the molecule is CC/C(C)=C\Nc1ncncc1C. The van der Waals surface area contributed by atoms with Crippen molar-refractivity contribution in [2.75, 3.05) is 5.32 Å². The largest absolute Gasteiger partial charge is 0.346 e. The monoisotopic (exact) mass is 177 g/mol. The van der Waals surface area contributed by atoms with Crippen LogP contribution in [0.5, 0.6) is 0 Å². The first-order valence-corrected chi connectivity index (χ1v) is 4.42. The molecule has 0 fully saturated rings. The third-order valence-electron chi connectivity index (χ3n) is 1.91. The minimum Gasteiger partial charge on any atom is -0.346 e. The Morgan fingerprint density at radius 1 is 1.62 bits per heavy atom. The smallest absolute Gasteiger partial charge is 0.136 e. The van der Waals surface area contributed by atoms with E-state index in [-0.39, 0.29) is 0 Å². The standard InChI is InChI=1S/C10H15N3/c1-4-8(2)5-12-10-9(3)6-11-7-13-10/h5-7H,4H2,1-3H3,(H,11,12,13)/b8-5-. The first kappa shape index (κ1) is 9.71. The molecular weight excluding hydrogens is 162 g/mol. The second-order valence-corrected chi connectivity index (χ2v) is 3.04. The van der Waals surface area contributed by atoms with Crippen molar-refractivity contribution >= 4 is 5.82 Å². The summed E-state index contributed by atoms with van der Waals surface area (Å²) >= 11 is 0. The summed E-state index contributed by atoms with van der Waals surface area (Å²) in [6, 6.07) is 0. The van der Waals surface area contributed by atoms with Gasteiger partial charge in [-0.2, -0.15) is 0 Å². The molecule has 0 atom stereocenters. The summed E-state index contributed by atoms with van der Waals surface area (Å²) in [7, 11) is 0. The van der Waals surface area contributed by atoms with Gasteiger partial charge in [-0.15, -0.1) is 0 Å². The van der Waals surface area contributed by atoms with Gasteiger partial charge < -0.3 is 5.32 Å². The molecule has 0 saturated heterocycles. The van der Waals surface area contributed by atoms with Gasteiger partial charge in [0.05, 0.1) is 0 Å². The molecule has 1 heterocycles. The summed E-state index contributed by atoms with van der Waals surface area (Å²) in [5, 5.41) is 3.15. The molecule has 0 spiro atoms. The molecule has 0 radical (unpaired) electrons. The van der Waals surface area contributed by atoms with Crippen molar-refractivity contribution in [1.29, 1.82) is 0 Å². The summed E-state index contributed by atoms with van der Waals surface area (Å²) in [6.45, 7) is 6.20. The molecule has 0 aliphatic heterocycles. The molecular formula is C10H15N3. The van der Waals surface area contributed by atoms with Crippen LogP contribution in [0.2, 0.25) is 0 Å². The van der Waals surface area contributed by atoms with E-state index in [1.165, 1.54) is 5.57 Å². The molecule has 1 aromatic rings. The summed E-state index contributed by atoms with van der Waals surface area (Å²) in [4.78, 5) is 8.04. The maximum Gasteiger partial charge on any atom is 0.136 e. The highest BCUT2D eigenvalue weighted by Crippen LogP contribution is 2.08. The zero-order chi connectivity index (χ0) is 9.68. The number of rotatable bonds is 3. The van der Waals surface area contributed by atoms with Crippen LogP contribution in [0.15, 0.2) is 24.3 Å². The molecule has 0 bridgehead atoms. The van der Waals surface area contributed by atoms with Gasteiger partial charge in [0.1, 0.15) is 12.1 Å². The lowest BCUT2D eigenvalue weighted by Gasteiger charge is -2.03. The maximum absolute atomic E-state index is 4.12. The van der Waals surface area contributed by atoms with E-state index in [1.807, 2.05) is 13.1 Å². The van der Waals surface area contributed by atoms with Crippen LogP contribution in [0, 0.1) is 6.92 Å². The van der Waals surface area contributed by atoms with Crippen molar-refractivity contribution in [1.82, 2.24) is 9.97 Å². The van der Waals surface area contributed by atoms with E-state index in [1.54, 1.807) is 12.5 Å². The molecule has 0 saturated carbocycles. The average Bonchev–Trinajstić information content (AvgIpc) is 2.16. The molecule has 0 aliphatic rings. The van der Waals surface area contributed by atoms with Crippen LogP contribution < -0.4 is 5.32 Å². The quantitative estimate of drug-likeness (QED) is 0.770. The maximum atomic E-state index is 4.12. The molecule has 0 aromatic carbocycles. The fourth-order valence-electron chi connectivity index (χ4n) is 0.844. The molecule has 0 amide bonds. The predicted molar refractivity (Wildman–Crippen MR) is 54.4 cm³/mol. The van der Waals surface area contributed by atoms with Crippen molar-refractivity contribution in [2.45, 2.75) is 27.2 Å². The minimum absolute atomic E-state index is 0.878. The normalized spacial score (nSPS) is 11.5. The van der Waals surface area contributed by atoms with Crippen molar-refractivity contribution in [3.05, 3.63) is 29.9 Å². The number of hydrogen-bond donors (Lipinski definition) is 1. The second kappa shape index (κ2) is 4.60. The molecule has 1 aromatic heterocycles. The van der Waals surface area contributed by atoms with Gasteiger partial charge in [0, 0.05) is 18.0 Å². The Balaban J connectivity index is 2.70. The van der Waals surface area contributed by atoms with Crippen LogP contribution in [0.1, 0.15) is 25.8 Å². The minimum atomic E-state index is 0.878. The molecule has 1 N–H and O–H groups in total. The molecule has 1 rings (SSSR count). The molecule has 3 heteroatoms. The first-order chi connectivity index (χ1) is 6.24. The number of aromatic nitrogens is 2. The molecule has 0 aliphatic carbocycles. The summed E-state index contributed by atoms with van der Waals surface area (Å²) in [5.74, 6) is 0.878. The third-order valence-corrected chi connectivity index (χ3v) is 1.91. The lowest BCUT2D eigenvalue weighted by molar-refractivity contribution is 1.08. The van der Waals surface area contributed by atoms with E-state index in [0.29, 0.717) is 0 Å². The fourth-order valence-corrected chi connectivity index (χ4v) is 0.844. The zero-order valence-electron chi connectivity index (χ0n) is 8.33. The predicted octanol–water partition coefficient (Wildman–Crippen LogP) is 2.51. The number of aryl methyl sites for hydroxylation is 1. The third kappa shape index (κ3) is 2.86. The van der Waals surface area contributed by atoms with Gasteiger partial charge in [0.25, 0.3) is 0 Å². The number of nitrogens with zero attached hydrogens (tertiary/aromatic N) is 2. The van der Waals surface area contributed by atoms with Crippen molar-refractivity contribution in [3.8, 4) is 0 Å². The van der Waals surface area contributed by atoms with Gasteiger partial charge in [-0.3, -0.25) is 0 Å². The molecule has 0 unspecified atom stereocenters. The summed E-state index contributed by atoms with van der Waals surface area (Å²) in [6.07, 6.45) is 6.38. The van der Waals surface area contributed by atoms with Gasteiger partial charge in [-0.05, 0) is 20.3 Å². The van der Waals surface area contributed by atoms with Gasteiger partial charge in [-0.25, -0.2) is 9.97 Å². The highest BCUT2D eigenvalue weighted by atomic mass is 15.0. The zero-order valence-corrected chi connectivity index (χ0v) is 8.33. The number of hydrogen-bond acceptors (Lipinski definition) is 3. The summed E-state index contributed by atoms with van der Waals surface area (Å²) < 4.78 is 0. The van der Waals surface area contributed by atoms with Crippen molar-refractivity contribution in [3.63, 3.8) is 0 Å². The molecule has 13 heavy (non-hydrogen) atoms. The highest BCUT2D eigenvalue weighted by molar-refractivity contribution is 5.43. The number of allylic oxidation sites excluding steroid dienone is 1. The van der Waals surface area contributed by atoms with Gasteiger partial charge in [-0.1, -0.05) is 12.5 Å². The lowest BCUT2D eigenvalue weighted by atomic mass is 10.2. The Hall–Kier alpha value is -1.38. The van der Waals surface area contributed by atoms with E-state index in [9.17, 15) is 0 Å². The molecule has 70 valence electrons. The van der Waals surface area contributed by atoms with Gasteiger partial charge >= 0.3 is 0 Å². The van der Waals surface area contributed by atoms with Crippen LogP contribution in [-0.2, 0) is 0 Å².